The highest BCUT2D eigenvalue weighted by molar-refractivity contribution is 7.89. The molecule has 1 heterocycles. The van der Waals surface area contributed by atoms with Crippen molar-refractivity contribution in [3.63, 3.8) is 0 Å². The van der Waals surface area contributed by atoms with E-state index in [1.54, 1.807) is 0 Å². The highest BCUT2D eigenvalue weighted by atomic mass is 35.5. The van der Waals surface area contributed by atoms with Crippen molar-refractivity contribution in [1.82, 2.24) is 14.5 Å². The van der Waals surface area contributed by atoms with Crippen LogP contribution in [0.15, 0.2) is 53.4 Å². The number of halogens is 2. The maximum atomic E-state index is 12.8. The van der Waals surface area contributed by atoms with E-state index in [4.69, 9.17) is 27.9 Å². The van der Waals surface area contributed by atoms with Gasteiger partial charge >= 0.3 is 0 Å². The summed E-state index contributed by atoms with van der Waals surface area (Å²) in [4.78, 5) is 15.1. The molecule has 0 bridgehead atoms. The van der Waals surface area contributed by atoms with Crippen molar-refractivity contribution >= 4 is 39.1 Å². The summed E-state index contributed by atoms with van der Waals surface area (Å²) in [5, 5.41) is 3.45. The van der Waals surface area contributed by atoms with Gasteiger partial charge < -0.3 is 15.0 Å². The summed E-state index contributed by atoms with van der Waals surface area (Å²) in [5.41, 5.74) is 1.43. The number of hydrogen-bond acceptors (Lipinski definition) is 5. The minimum absolute atomic E-state index is 0.0125. The molecule has 1 unspecified atom stereocenters. The minimum Gasteiger partial charge on any atom is -0.370 e. The lowest BCUT2D eigenvalue weighted by Gasteiger charge is -2.39. The first-order valence-electron chi connectivity index (χ1n) is 14.8. The molecule has 1 atom stereocenters. The zero-order valence-electron chi connectivity index (χ0n) is 23.9. The Labute approximate surface area is 255 Å². The summed E-state index contributed by atoms with van der Waals surface area (Å²) in [6, 6.07) is 15.7. The maximum absolute atomic E-state index is 12.8. The standard InChI is InChI=1S/C31H43Cl2N3O4S/c1-35(41(38,39)30-16-14-27(32)21-28(30)33)19-20-40-23-31(37)34-22-25-9-12-26(13-10-25)29(36-17-5-6-18-36)15-11-24-7-3-2-4-8-24/h2-4,7-8,14,16,21,25-26,29H,5-6,9-13,15,17-20,22-23H2,1H3,(H,34,37). The summed E-state index contributed by atoms with van der Waals surface area (Å²) >= 11 is 11.9. The Kier molecular flexibility index (Phi) is 12.3. The zero-order chi connectivity index (χ0) is 29.2. The maximum Gasteiger partial charge on any atom is 0.246 e. The average molecular weight is 625 g/mol. The van der Waals surface area contributed by atoms with Crippen LogP contribution in [-0.4, -0.2) is 76.0 Å². The van der Waals surface area contributed by atoms with Crippen molar-refractivity contribution in [3.8, 4) is 0 Å². The number of rotatable bonds is 14. The van der Waals surface area contributed by atoms with Gasteiger partial charge in [-0.25, -0.2) is 8.42 Å². The van der Waals surface area contributed by atoms with E-state index in [0.717, 1.165) is 29.5 Å². The van der Waals surface area contributed by atoms with E-state index in [-0.39, 0.29) is 35.6 Å². The summed E-state index contributed by atoms with van der Waals surface area (Å²) in [5.74, 6) is 1.04. The molecule has 1 N–H and O–H groups in total. The van der Waals surface area contributed by atoms with E-state index in [1.165, 1.54) is 76.0 Å². The molecule has 7 nitrogen and oxygen atoms in total. The number of likely N-dealkylation sites (N-methyl/N-ethyl adjacent to an activating group) is 1. The second-order valence-electron chi connectivity index (χ2n) is 11.4. The molecule has 10 heteroatoms. The third kappa shape index (κ3) is 9.40. The Hall–Kier alpha value is -1.68. The number of aryl methyl sites for hydroxylation is 1. The molecule has 1 saturated heterocycles. The van der Waals surface area contributed by atoms with Gasteiger partial charge in [0.25, 0.3) is 0 Å². The van der Waals surface area contributed by atoms with Crippen molar-refractivity contribution in [2.75, 3.05) is 46.4 Å². The van der Waals surface area contributed by atoms with E-state index in [1.807, 2.05) is 0 Å². The fourth-order valence-corrected chi connectivity index (χ4v) is 8.06. The second kappa shape index (κ2) is 15.7. The van der Waals surface area contributed by atoms with Crippen LogP contribution in [0.25, 0.3) is 0 Å². The largest absolute Gasteiger partial charge is 0.370 e. The van der Waals surface area contributed by atoms with Crippen LogP contribution < -0.4 is 5.32 Å². The molecule has 226 valence electrons. The molecule has 0 radical (unpaired) electrons. The smallest absolute Gasteiger partial charge is 0.246 e. The summed E-state index contributed by atoms with van der Waals surface area (Å²) < 4.78 is 32.2. The van der Waals surface area contributed by atoms with Crippen LogP contribution >= 0.6 is 23.2 Å². The molecule has 1 aliphatic heterocycles. The summed E-state index contributed by atoms with van der Waals surface area (Å²) in [6.07, 6.45) is 9.68. The van der Waals surface area contributed by atoms with Gasteiger partial charge in [0, 0.05) is 31.2 Å². The Bertz CT molecular complexity index is 1220. The Balaban J connectivity index is 1.14. The molecule has 1 saturated carbocycles. The third-order valence-corrected chi connectivity index (χ3v) is 11.1. The highest BCUT2D eigenvalue weighted by Gasteiger charge is 2.32. The van der Waals surface area contributed by atoms with Gasteiger partial charge in [0.1, 0.15) is 11.5 Å². The molecule has 41 heavy (non-hydrogen) atoms. The molecule has 2 fully saturated rings. The lowest BCUT2D eigenvalue weighted by atomic mass is 9.76. The van der Waals surface area contributed by atoms with E-state index in [2.05, 4.69) is 40.5 Å². The lowest BCUT2D eigenvalue weighted by molar-refractivity contribution is -0.126. The van der Waals surface area contributed by atoms with Gasteiger partial charge in [-0.05, 0) is 100 Å². The number of carbonyl (C=O) groups is 1. The molecule has 2 aromatic carbocycles. The molecule has 2 aromatic rings. The highest BCUT2D eigenvalue weighted by Crippen LogP contribution is 2.35. The van der Waals surface area contributed by atoms with E-state index in [9.17, 15) is 13.2 Å². The van der Waals surface area contributed by atoms with Gasteiger partial charge in [0.15, 0.2) is 0 Å². The Morgan fingerprint density at radius 3 is 2.46 bits per heavy atom. The van der Waals surface area contributed by atoms with Crippen LogP contribution in [0.4, 0.5) is 0 Å². The van der Waals surface area contributed by atoms with Crippen LogP contribution in [-0.2, 0) is 26.0 Å². The molecule has 1 aliphatic carbocycles. The number of ether oxygens (including phenoxy) is 1. The van der Waals surface area contributed by atoms with Crippen molar-refractivity contribution in [3.05, 3.63) is 64.1 Å². The van der Waals surface area contributed by atoms with Crippen LogP contribution in [0.3, 0.4) is 0 Å². The second-order valence-corrected chi connectivity index (χ2v) is 14.2. The van der Waals surface area contributed by atoms with Crippen molar-refractivity contribution in [2.45, 2.75) is 62.3 Å². The topological polar surface area (TPSA) is 79.0 Å². The SMILES string of the molecule is CN(CCOCC(=O)NCC1CCC(C(CCc2ccccc2)N2CCCC2)CC1)S(=O)(=O)c1ccc(Cl)cc1Cl. The quantitative estimate of drug-likeness (QED) is 0.275. The molecule has 0 aromatic heterocycles. The van der Waals surface area contributed by atoms with Gasteiger partial charge in [0.2, 0.25) is 15.9 Å². The molecule has 0 spiro atoms. The number of amides is 1. The lowest BCUT2D eigenvalue weighted by Crippen LogP contribution is -2.42. The predicted octanol–water partition coefficient (Wildman–Crippen LogP) is 5.65. The van der Waals surface area contributed by atoms with Crippen LogP contribution in [0.5, 0.6) is 0 Å². The number of benzene rings is 2. The van der Waals surface area contributed by atoms with Crippen LogP contribution in [0.1, 0.15) is 50.5 Å². The zero-order valence-corrected chi connectivity index (χ0v) is 26.3. The molecular weight excluding hydrogens is 581 g/mol. The Morgan fingerprint density at radius 2 is 1.78 bits per heavy atom. The first-order chi connectivity index (χ1) is 19.7. The fraction of sp³-hybridized carbons (Fsp3) is 0.581. The predicted molar refractivity (Wildman–Crippen MR) is 165 cm³/mol. The monoisotopic (exact) mass is 623 g/mol. The third-order valence-electron chi connectivity index (χ3n) is 8.57. The fourth-order valence-electron chi connectivity index (χ4n) is 6.17. The molecule has 4 rings (SSSR count). The van der Waals surface area contributed by atoms with Crippen LogP contribution in [0, 0.1) is 11.8 Å². The average Bonchev–Trinajstić information content (AvgIpc) is 3.50. The first kappa shape index (κ1) is 32.2. The molecule has 1 amide bonds. The molecule has 2 aliphatic rings. The van der Waals surface area contributed by atoms with Gasteiger partial charge in [-0.3, -0.25) is 4.79 Å². The van der Waals surface area contributed by atoms with E-state index >= 15 is 0 Å². The van der Waals surface area contributed by atoms with Gasteiger partial charge in [0.05, 0.1) is 11.6 Å². The number of nitrogens with zero attached hydrogens (tertiary/aromatic N) is 2. The van der Waals surface area contributed by atoms with Gasteiger partial charge in [-0.1, -0.05) is 53.5 Å². The van der Waals surface area contributed by atoms with Gasteiger partial charge in [-0.2, -0.15) is 4.31 Å². The van der Waals surface area contributed by atoms with Crippen LogP contribution in [0.2, 0.25) is 10.0 Å². The number of nitrogens with one attached hydrogen (secondary N) is 1. The van der Waals surface area contributed by atoms with E-state index in [0.29, 0.717) is 23.5 Å². The molecular formula is C31H43Cl2N3O4S. The summed E-state index contributed by atoms with van der Waals surface area (Å²) in [7, 11) is -2.33. The van der Waals surface area contributed by atoms with Crippen molar-refractivity contribution in [2.24, 2.45) is 11.8 Å². The number of likely N-dealkylation sites (tertiary alicyclic amines) is 1. The van der Waals surface area contributed by atoms with Crippen molar-refractivity contribution in [1.29, 1.82) is 0 Å². The summed E-state index contributed by atoms with van der Waals surface area (Å²) in [6.45, 7) is 3.22. The van der Waals surface area contributed by atoms with Gasteiger partial charge in [-0.15, -0.1) is 0 Å². The Morgan fingerprint density at radius 1 is 1.07 bits per heavy atom. The van der Waals surface area contributed by atoms with E-state index < -0.39 is 10.0 Å². The minimum atomic E-state index is -3.79. The first-order valence-corrected chi connectivity index (χ1v) is 17.0. The number of hydrogen-bond donors (Lipinski definition) is 1. The number of carbonyl (C=O) groups excluding carboxylic acids is 1. The van der Waals surface area contributed by atoms with Crippen molar-refractivity contribution < 1.29 is 17.9 Å². The normalized spacial score (nSPS) is 20.8. The number of sulfonamides is 1.